The predicted octanol–water partition coefficient (Wildman–Crippen LogP) is 12.1. The highest BCUT2D eigenvalue weighted by Crippen LogP contribution is 2.32. The summed E-state index contributed by atoms with van der Waals surface area (Å²) in [4.78, 5) is 60.1. The lowest BCUT2D eigenvalue weighted by Gasteiger charge is -2.34. The van der Waals surface area contributed by atoms with E-state index in [-0.39, 0.29) is 12.6 Å². The highest BCUT2D eigenvalue weighted by molar-refractivity contribution is 7.18. The summed E-state index contributed by atoms with van der Waals surface area (Å²) in [6, 6.07) is 24.2. The van der Waals surface area contributed by atoms with Crippen molar-refractivity contribution in [2.24, 2.45) is 4.99 Å². The van der Waals surface area contributed by atoms with Crippen LogP contribution in [0.25, 0.3) is 10.2 Å². The molecule has 0 saturated heterocycles. The molecule has 0 aliphatic rings. The van der Waals surface area contributed by atoms with Crippen LogP contribution in [0.3, 0.4) is 0 Å². The number of carbonyl (C=O) groups excluding carboxylic acids is 4. The summed E-state index contributed by atoms with van der Waals surface area (Å²) in [5, 5.41) is 1.59. The zero-order valence-electron chi connectivity index (χ0n) is 40.3. The average Bonchev–Trinajstić information content (AvgIpc) is 3.65. The van der Waals surface area contributed by atoms with Gasteiger partial charge in [-0.2, -0.15) is 0 Å². The first kappa shape index (κ1) is 52.7. The van der Waals surface area contributed by atoms with Gasteiger partial charge in [-0.05, 0) is 146 Å². The van der Waals surface area contributed by atoms with Gasteiger partial charge < -0.3 is 28.4 Å². The lowest BCUT2D eigenvalue weighted by atomic mass is 9.92. The van der Waals surface area contributed by atoms with Crippen LogP contribution in [0, 0.1) is 0 Å². The largest absolute Gasteiger partial charge is 0.488 e. The van der Waals surface area contributed by atoms with E-state index in [4.69, 9.17) is 50.0 Å². The van der Waals surface area contributed by atoms with Crippen LogP contribution in [0.4, 0.5) is 0 Å². The molecule has 1 atom stereocenters. The van der Waals surface area contributed by atoms with E-state index in [0.29, 0.717) is 64.6 Å². The lowest BCUT2D eigenvalue weighted by molar-refractivity contribution is -0.155. The maximum atomic E-state index is 13.6. The molecule has 0 aliphatic heterocycles. The van der Waals surface area contributed by atoms with Crippen LogP contribution in [0.15, 0.2) is 115 Å². The van der Waals surface area contributed by atoms with Crippen molar-refractivity contribution in [1.82, 2.24) is 4.98 Å². The summed E-state index contributed by atoms with van der Waals surface area (Å²) < 4.78 is 36.1. The summed E-state index contributed by atoms with van der Waals surface area (Å²) in [5.41, 5.74) is -0.0902. The van der Waals surface area contributed by atoms with Crippen LogP contribution in [-0.4, -0.2) is 70.1 Å². The second-order valence-corrected chi connectivity index (χ2v) is 20.4. The molecule has 0 spiro atoms. The average molecular weight is 966 g/mol. The van der Waals surface area contributed by atoms with Crippen molar-refractivity contribution in [3.63, 3.8) is 0 Å². The summed E-state index contributed by atoms with van der Waals surface area (Å²) in [6.07, 6.45) is 6.48. The van der Waals surface area contributed by atoms with Crippen molar-refractivity contribution in [2.45, 2.75) is 123 Å². The molecule has 14 heteroatoms. The van der Waals surface area contributed by atoms with Gasteiger partial charge in [0.1, 0.15) is 39.7 Å². The topological polar surface area (TPSA) is 149 Å². The molecule has 5 rings (SSSR count). The van der Waals surface area contributed by atoms with E-state index in [2.05, 4.69) is 20.1 Å². The number of nitrogens with zero attached hydrogens (tertiary/aromatic N) is 2. The van der Waals surface area contributed by atoms with Crippen LogP contribution in [0.1, 0.15) is 118 Å². The van der Waals surface area contributed by atoms with E-state index in [9.17, 15) is 19.2 Å². The molecule has 0 saturated carbocycles. The van der Waals surface area contributed by atoms with Crippen LogP contribution >= 0.6 is 22.9 Å². The number of halogens is 1. The van der Waals surface area contributed by atoms with Crippen LogP contribution in [0.2, 0.25) is 5.02 Å². The highest BCUT2D eigenvalue weighted by atomic mass is 35.5. The molecule has 12 nitrogen and oxygen atoms in total. The van der Waals surface area contributed by atoms with Crippen LogP contribution < -0.4 is 14.2 Å². The predicted molar refractivity (Wildman–Crippen MR) is 268 cm³/mol. The first-order chi connectivity index (χ1) is 32.0. The Morgan fingerprint density at radius 2 is 1.26 bits per heavy atom. The van der Waals surface area contributed by atoms with Crippen molar-refractivity contribution in [3.8, 4) is 17.2 Å². The molecular weight excluding hydrogens is 904 g/mol. The summed E-state index contributed by atoms with van der Waals surface area (Å²) in [6.45, 7) is 23.9. The van der Waals surface area contributed by atoms with Gasteiger partial charge in [-0.15, -0.1) is 11.3 Å². The molecular formula is C54H61ClN2O10S. The number of hydrogen-bond acceptors (Lipinski definition) is 13. The van der Waals surface area contributed by atoms with Crippen molar-refractivity contribution in [2.75, 3.05) is 6.61 Å². The Balaban J connectivity index is 1.27. The molecule has 360 valence electrons. The number of fused-ring (bicyclic) bond motifs is 1. The molecule has 0 bridgehead atoms. The Bertz CT molecular complexity index is 2630. The van der Waals surface area contributed by atoms with E-state index in [0.717, 1.165) is 39.4 Å². The third kappa shape index (κ3) is 16.2. The minimum absolute atomic E-state index is 0.0836. The van der Waals surface area contributed by atoms with Crippen LogP contribution in [-0.2, 0) is 36.6 Å². The lowest BCUT2D eigenvalue weighted by Crippen LogP contribution is -2.40. The number of aromatic nitrogens is 1. The second-order valence-electron chi connectivity index (χ2n) is 18.8. The second kappa shape index (κ2) is 22.7. The third-order valence-corrected chi connectivity index (χ3v) is 11.6. The minimum Gasteiger partial charge on any atom is -0.488 e. The molecule has 0 aliphatic carbocycles. The zero-order chi connectivity index (χ0) is 49.9. The van der Waals surface area contributed by atoms with E-state index in [1.165, 1.54) is 0 Å². The number of thiazole rings is 1. The Labute approximate surface area is 408 Å². The summed E-state index contributed by atoms with van der Waals surface area (Å²) in [7, 11) is 0. The molecule has 1 aromatic heterocycles. The van der Waals surface area contributed by atoms with Crippen molar-refractivity contribution < 1.29 is 47.6 Å². The highest BCUT2D eigenvalue weighted by Gasteiger charge is 2.34. The number of esters is 4. The molecule has 68 heavy (non-hydrogen) atoms. The normalized spacial score (nSPS) is 12.6. The maximum Gasteiger partial charge on any atom is 0.343 e. The van der Waals surface area contributed by atoms with Gasteiger partial charge >= 0.3 is 23.9 Å². The fourth-order valence-corrected chi connectivity index (χ4v) is 9.27. The van der Waals surface area contributed by atoms with Gasteiger partial charge in [0.15, 0.2) is 0 Å². The number of benzene rings is 4. The van der Waals surface area contributed by atoms with Crippen molar-refractivity contribution >= 4 is 63.2 Å². The molecule has 0 radical (unpaired) electrons. The van der Waals surface area contributed by atoms with E-state index < -0.39 is 46.3 Å². The van der Waals surface area contributed by atoms with Crippen molar-refractivity contribution in [1.29, 1.82) is 0 Å². The standard InChI is InChI=1S/C54H61ClN2O10S/c1-12-40(31-46-57-43-25-20-39(55)30-45(43)68-46)56-32-38-29-35(27-28-62-49(60)36-16-21-41(22-17-36)64-51(4,5)33-53(8,9)66-47(58)13-2)15-26-44(38)63-50(61)37-18-23-42(24-19-37)65-52(6,7)34-54(10,11)67-48(59)14-3/h13-26,29-30,32,40H,2-3,12,27-28,31,33-34H2,1,4-11H3/b56-32+. The number of rotatable bonds is 23. The molecule has 1 unspecified atom stereocenters. The van der Waals surface area contributed by atoms with E-state index in [1.54, 1.807) is 99.8 Å². The number of hydrogen-bond donors (Lipinski definition) is 0. The Kier molecular flexibility index (Phi) is 17.5. The fraction of sp³-hybridized carbons (Fsp3) is 0.370. The Morgan fingerprint density at radius 3 is 1.79 bits per heavy atom. The van der Waals surface area contributed by atoms with Gasteiger partial charge in [-0.1, -0.05) is 37.7 Å². The van der Waals surface area contributed by atoms with Gasteiger partial charge in [0.2, 0.25) is 0 Å². The van der Waals surface area contributed by atoms with E-state index >= 15 is 0 Å². The van der Waals surface area contributed by atoms with Crippen LogP contribution in [0.5, 0.6) is 17.2 Å². The first-order valence-electron chi connectivity index (χ1n) is 22.4. The SMILES string of the molecule is C=CC(=O)OC(C)(C)CC(C)(C)Oc1ccc(C(=O)OCCc2ccc(OC(=O)c3ccc(OC(C)(C)CC(C)(C)OC(=O)C=C)cc3)c(/C=N/C(CC)Cc3nc4ccc(Cl)cc4s3)c2)cc1. The van der Waals surface area contributed by atoms with Gasteiger partial charge in [0.25, 0.3) is 0 Å². The Hall–Kier alpha value is -6.31. The summed E-state index contributed by atoms with van der Waals surface area (Å²) in [5.74, 6) is -0.740. The smallest absolute Gasteiger partial charge is 0.343 e. The van der Waals surface area contributed by atoms with Gasteiger partial charge in [-0.3, -0.25) is 4.99 Å². The Morgan fingerprint density at radius 1 is 0.721 bits per heavy atom. The minimum atomic E-state index is -0.810. The zero-order valence-corrected chi connectivity index (χ0v) is 41.9. The molecule has 5 aromatic rings. The third-order valence-electron chi connectivity index (χ3n) is 10.4. The van der Waals surface area contributed by atoms with Crippen molar-refractivity contribution in [3.05, 3.63) is 143 Å². The quantitative estimate of drug-likeness (QED) is 0.0202. The van der Waals surface area contributed by atoms with E-state index in [1.807, 2.05) is 58.0 Å². The molecule has 0 N–H and O–H groups in total. The molecule has 1 heterocycles. The number of ether oxygens (including phenoxy) is 6. The molecule has 4 aromatic carbocycles. The fourth-order valence-electron chi connectivity index (χ4n) is 7.95. The molecule has 0 amide bonds. The summed E-state index contributed by atoms with van der Waals surface area (Å²) >= 11 is 7.81. The molecule has 0 fully saturated rings. The first-order valence-corrected chi connectivity index (χ1v) is 23.6. The number of carbonyl (C=O) groups is 4. The van der Waals surface area contributed by atoms with Gasteiger partial charge in [0, 0.05) is 54.6 Å². The van der Waals surface area contributed by atoms with Gasteiger partial charge in [-0.25, -0.2) is 24.2 Å². The number of aliphatic imine (C=N–C) groups is 1. The maximum absolute atomic E-state index is 13.6. The van der Waals surface area contributed by atoms with Gasteiger partial charge in [0.05, 0.1) is 39.0 Å². The monoisotopic (exact) mass is 964 g/mol.